The number of carboxylic acid groups (broad SMARTS) is 1. The van der Waals surface area contributed by atoms with Crippen LogP contribution in [0.2, 0.25) is 0 Å². The van der Waals surface area contributed by atoms with Gasteiger partial charge in [-0.2, -0.15) is 0 Å². The molecule has 0 aromatic heterocycles. The molecule has 23 heavy (non-hydrogen) atoms. The Morgan fingerprint density at radius 1 is 0.957 bits per heavy atom. The molecule has 0 bridgehead atoms. The zero-order chi connectivity index (χ0) is 17.2. The van der Waals surface area contributed by atoms with E-state index in [1.165, 1.54) is 19.3 Å². The first-order chi connectivity index (χ1) is 11.2. The van der Waals surface area contributed by atoms with Crippen molar-refractivity contribution < 1.29 is 15.0 Å². The van der Waals surface area contributed by atoms with E-state index in [1.807, 2.05) is 24.3 Å². The third kappa shape index (κ3) is 18.3. The van der Waals surface area contributed by atoms with Gasteiger partial charge in [0.05, 0.1) is 6.10 Å². The van der Waals surface area contributed by atoms with E-state index in [2.05, 4.69) is 25.2 Å². The Balaban J connectivity index is 3.62. The van der Waals surface area contributed by atoms with Crippen LogP contribution in [0.1, 0.15) is 64.7 Å². The van der Waals surface area contributed by atoms with Crippen molar-refractivity contribution in [2.75, 3.05) is 0 Å². The quantitative estimate of drug-likeness (QED) is 0.263. The minimum atomic E-state index is -0.757. The lowest BCUT2D eigenvalue weighted by atomic mass is 10.2. The molecule has 0 aromatic carbocycles. The Hall–Kier alpha value is -1.61. The number of aliphatic hydroxyl groups excluding tert-OH is 1. The summed E-state index contributed by atoms with van der Waals surface area (Å²) in [4.78, 5) is 10.3. The van der Waals surface area contributed by atoms with Crippen molar-refractivity contribution in [3.63, 3.8) is 0 Å². The van der Waals surface area contributed by atoms with E-state index in [-0.39, 0.29) is 6.42 Å². The number of hydrogen-bond acceptors (Lipinski definition) is 2. The van der Waals surface area contributed by atoms with Gasteiger partial charge in [-0.25, -0.2) is 0 Å². The molecule has 0 heterocycles. The fraction of sp³-hybridized carbons (Fsp3) is 0.550. The molecule has 0 fully saturated rings. The van der Waals surface area contributed by atoms with Crippen LogP contribution in [-0.2, 0) is 4.79 Å². The van der Waals surface area contributed by atoms with Gasteiger partial charge in [0.15, 0.2) is 0 Å². The van der Waals surface area contributed by atoms with Crippen molar-refractivity contribution in [1.82, 2.24) is 0 Å². The summed E-state index contributed by atoms with van der Waals surface area (Å²) >= 11 is 0. The lowest BCUT2D eigenvalue weighted by Crippen LogP contribution is -1.98. The summed E-state index contributed by atoms with van der Waals surface area (Å²) in [5.74, 6) is -0.757. The van der Waals surface area contributed by atoms with Gasteiger partial charge >= 0.3 is 5.97 Å². The maximum Gasteiger partial charge on any atom is 0.303 e. The number of allylic oxidation sites excluding steroid dienone is 6. The molecule has 0 spiro atoms. The van der Waals surface area contributed by atoms with Gasteiger partial charge in [0.25, 0.3) is 0 Å². The smallest absolute Gasteiger partial charge is 0.303 e. The summed E-state index contributed by atoms with van der Waals surface area (Å²) in [6.07, 6.45) is 23.5. The highest BCUT2D eigenvalue weighted by atomic mass is 16.4. The van der Waals surface area contributed by atoms with Crippen molar-refractivity contribution in [3.8, 4) is 0 Å². The van der Waals surface area contributed by atoms with Crippen LogP contribution in [0.3, 0.4) is 0 Å². The van der Waals surface area contributed by atoms with Crippen LogP contribution in [0.15, 0.2) is 48.6 Å². The highest BCUT2D eigenvalue weighted by Crippen LogP contribution is 2.02. The summed E-state index contributed by atoms with van der Waals surface area (Å²) in [6, 6.07) is 0. The predicted molar refractivity (Wildman–Crippen MR) is 97.4 cm³/mol. The van der Waals surface area contributed by atoms with E-state index in [4.69, 9.17) is 5.11 Å². The number of carbonyl (C=O) groups is 1. The molecule has 0 radical (unpaired) electrons. The summed E-state index contributed by atoms with van der Waals surface area (Å²) in [6.45, 7) is 2.21. The van der Waals surface area contributed by atoms with Crippen molar-refractivity contribution in [3.05, 3.63) is 48.6 Å². The summed E-state index contributed by atoms with van der Waals surface area (Å²) in [5.41, 5.74) is 0. The lowest BCUT2D eigenvalue weighted by Gasteiger charge is -1.98. The Bertz CT molecular complexity index is 392. The van der Waals surface area contributed by atoms with Crippen LogP contribution < -0.4 is 0 Å². The fourth-order valence-electron chi connectivity index (χ4n) is 1.95. The van der Waals surface area contributed by atoms with Gasteiger partial charge in [-0.15, -0.1) is 0 Å². The van der Waals surface area contributed by atoms with Crippen LogP contribution >= 0.6 is 0 Å². The Morgan fingerprint density at radius 2 is 1.70 bits per heavy atom. The summed E-state index contributed by atoms with van der Waals surface area (Å²) < 4.78 is 0. The molecule has 0 aliphatic rings. The standard InChI is InChI=1S/C20H32O3/c1-2-3-4-5-6-7-8-10-13-16-19(21)17-14-11-9-12-15-18-20(22)23/h6-7,9-11,13-14,17,19,21H,2-5,8,12,15-16,18H2,1H3,(H,22,23)/b7-6?,11-9?,13-10?,17-14+/t19-/m0/s1. The fourth-order valence-corrected chi connectivity index (χ4v) is 1.95. The SMILES string of the molecule is CCCCCC=CCC=CC[C@H](O)/C=C/C=CCCCC(=O)O. The zero-order valence-corrected chi connectivity index (χ0v) is 14.4. The topological polar surface area (TPSA) is 57.5 Å². The highest BCUT2D eigenvalue weighted by molar-refractivity contribution is 5.66. The van der Waals surface area contributed by atoms with Crippen LogP contribution in [-0.4, -0.2) is 22.3 Å². The Kier molecular flexibility index (Phi) is 15.6. The molecule has 0 unspecified atom stereocenters. The van der Waals surface area contributed by atoms with E-state index in [0.717, 1.165) is 19.3 Å². The molecular weight excluding hydrogens is 288 g/mol. The lowest BCUT2D eigenvalue weighted by molar-refractivity contribution is -0.137. The minimum Gasteiger partial charge on any atom is -0.481 e. The number of carboxylic acids is 1. The predicted octanol–water partition coefficient (Wildman–Crippen LogP) is 5.19. The molecule has 0 saturated heterocycles. The first-order valence-electron chi connectivity index (χ1n) is 8.70. The average molecular weight is 320 g/mol. The third-order valence-corrected chi connectivity index (χ3v) is 3.30. The van der Waals surface area contributed by atoms with Crippen LogP contribution in [0, 0.1) is 0 Å². The molecular formula is C20H32O3. The van der Waals surface area contributed by atoms with Gasteiger partial charge in [-0.05, 0) is 38.5 Å². The molecule has 0 amide bonds. The first-order valence-corrected chi connectivity index (χ1v) is 8.70. The van der Waals surface area contributed by atoms with Crippen molar-refractivity contribution >= 4 is 5.97 Å². The molecule has 1 atom stereocenters. The number of hydrogen-bond donors (Lipinski definition) is 2. The maximum absolute atomic E-state index is 10.3. The highest BCUT2D eigenvalue weighted by Gasteiger charge is 1.94. The second kappa shape index (κ2) is 16.8. The van der Waals surface area contributed by atoms with Crippen LogP contribution in [0.5, 0.6) is 0 Å². The second-order valence-electron chi connectivity index (χ2n) is 5.58. The molecule has 0 aliphatic heterocycles. The Labute approximate surface area is 141 Å². The average Bonchev–Trinajstić information content (AvgIpc) is 2.52. The minimum absolute atomic E-state index is 0.203. The van der Waals surface area contributed by atoms with Gasteiger partial charge in [0, 0.05) is 6.42 Å². The van der Waals surface area contributed by atoms with E-state index < -0.39 is 12.1 Å². The van der Waals surface area contributed by atoms with E-state index >= 15 is 0 Å². The van der Waals surface area contributed by atoms with Gasteiger partial charge in [0.2, 0.25) is 0 Å². The van der Waals surface area contributed by atoms with Gasteiger partial charge in [-0.3, -0.25) is 4.79 Å². The molecule has 3 nitrogen and oxygen atoms in total. The van der Waals surface area contributed by atoms with E-state index in [1.54, 1.807) is 6.08 Å². The maximum atomic E-state index is 10.3. The van der Waals surface area contributed by atoms with E-state index in [9.17, 15) is 9.90 Å². The molecule has 0 rings (SSSR count). The monoisotopic (exact) mass is 320 g/mol. The first kappa shape index (κ1) is 21.4. The Morgan fingerprint density at radius 3 is 2.43 bits per heavy atom. The zero-order valence-electron chi connectivity index (χ0n) is 14.4. The summed E-state index contributed by atoms with van der Waals surface area (Å²) in [5, 5.41) is 18.2. The largest absolute Gasteiger partial charge is 0.481 e. The molecule has 3 heteroatoms. The molecule has 2 N–H and O–H groups in total. The number of aliphatic carboxylic acids is 1. The molecule has 130 valence electrons. The normalized spacial score (nSPS) is 13.8. The van der Waals surface area contributed by atoms with Crippen molar-refractivity contribution in [2.45, 2.75) is 70.8 Å². The number of rotatable bonds is 14. The van der Waals surface area contributed by atoms with Crippen LogP contribution in [0.4, 0.5) is 0 Å². The van der Waals surface area contributed by atoms with Gasteiger partial charge in [0.1, 0.15) is 0 Å². The van der Waals surface area contributed by atoms with Crippen molar-refractivity contribution in [1.29, 1.82) is 0 Å². The number of aliphatic hydroxyl groups is 1. The van der Waals surface area contributed by atoms with Crippen LogP contribution in [0.25, 0.3) is 0 Å². The second-order valence-corrected chi connectivity index (χ2v) is 5.58. The molecule has 0 aliphatic carbocycles. The molecule has 0 saturated carbocycles. The third-order valence-electron chi connectivity index (χ3n) is 3.30. The summed E-state index contributed by atoms with van der Waals surface area (Å²) in [7, 11) is 0. The molecule has 0 aromatic rings. The van der Waals surface area contributed by atoms with Gasteiger partial charge in [-0.1, -0.05) is 68.4 Å². The van der Waals surface area contributed by atoms with Gasteiger partial charge < -0.3 is 10.2 Å². The number of unbranched alkanes of at least 4 members (excludes halogenated alkanes) is 4. The van der Waals surface area contributed by atoms with E-state index in [0.29, 0.717) is 12.8 Å². The van der Waals surface area contributed by atoms with Crippen molar-refractivity contribution in [2.24, 2.45) is 0 Å².